The second kappa shape index (κ2) is 23.7. The van der Waals surface area contributed by atoms with Crippen molar-refractivity contribution in [3.05, 3.63) is 0 Å². The lowest BCUT2D eigenvalue weighted by Gasteiger charge is -2.13. The Morgan fingerprint density at radius 3 is 1.00 bits per heavy atom. The molecule has 0 radical (unpaired) electrons. The molecule has 0 amide bonds. The van der Waals surface area contributed by atoms with Crippen molar-refractivity contribution in [1.82, 2.24) is 0 Å². The summed E-state index contributed by atoms with van der Waals surface area (Å²) in [4.78, 5) is 0. The average molecular weight is 421 g/mol. The van der Waals surface area contributed by atoms with Gasteiger partial charge in [0.05, 0.1) is 0 Å². The van der Waals surface area contributed by atoms with Crippen LogP contribution in [-0.4, -0.2) is 0 Å². The number of hydrogen-bond donors (Lipinski definition) is 0. The molecular weight excluding hydrogens is 360 g/mol. The molecule has 0 heterocycles. The summed E-state index contributed by atoms with van der Waals surface area (Å²) in [7, 11) is 0. The van der Waals surface area contributed by atoms with Crippen molar-refractivity contribution < 1.29 is 0 Å². The van der Waals surface area contributed by atoms with Gasteiger partial charge in [0.15, 0.2) is 0 Å². The summed E-state index contributed by atoms with van der Waals surface area (Å²) in [5, 5.41) is 0. The molecule has 0 bridgehead atoms. The Bertz CT molecular complexity index is 299. The molecule has 30 heavy (non-hydrogen) atoms. The van der Waals surface area contributed by atoms with Gasteiger partial charge in [-0.25, -0.2) is 0 Å². The summed E-state index contributed by atoms with van der Waals surface area (Å²) in [6.07, 6.45) is 41.9. The smallest absolute Gasteiger partial charge is 0.0414 e. The van der Waals surface area contributed by atoms with Gasteiger partial charge in [0.1, 0.15) is 0 Å². The van der Waals surface area contributed by atoms with E-state index in [1.54, 1.807) is 19.3 Å². The lowest BCUT2D eigenvalue weighted by Crippen LogP contribution is -1.98. The van der Waals surface area contributed by atoms with Gasteiger partial charge in [-0.1, -0.05) is 187 Å². The van der Waals surface area contributed by atoms with E-state index in [4.69, 9.17) is 0 Å². The third-order valence-corrected chi connectivity index (χ3v) is 7.69. The Kier molecular flexibility index (Phi) is 22.1. The van der Waals surface area contributed by atoms with Crippen molar-refractivity contribution in [3.63, 3.8) is 0 Å². The molecule has 0 saturated heterocycles. The van der Waals surface area contributed by atoms with Gasteiger partial charge in [-0.2, -0.15) is 0 Å². The van der Waals surface area contributed by atoms with Crippen LogP contribution in [0.4, 0.5) is 0 Å². The van der Waals surface area contributed by atoms with E-state index in [9.17, 15) is 0 Å². The van der Waals surface area contributed by atoms with Crippen molar-refractivity contribution in [2.24, 2.45) is 5.92 Å². The predicted octanol–water partition coefficient (Wildman–Crippen LogP) is 11.6. The highest BCUT2D eigenvalue weighted by molar-refractivity contribution is 4.64. The molecule has 0 unspecified atom stereocenters. The highest BCUT2D eigenvalue weighted by Crippen LogP contribution is 2.27. The van der Waals surface area contributed by atoms with Crippen molar-refractivity contribution in [3.8, 4) is 0 Å². The van der Waals surface area contributed by atoms with Gasteiger partial charge in [-0.05, 0) is 5.92 Å². The molecule has 0 aromatic heterocycles. The van der Waals surface area contributed by atoms with Gasteiger partial charge in [-0.3, -0.25) is 0 Å². The zero-order valence-electron chi connectivity index (χ0n) is 21.4. The van der Waals surface area contributed by atoms with E-state index in [0.717, 1.165) is 5.92 Å². The molecular formula is C30H60. The summed E-state index contributed by atoms with van der Waals surface area (Å²) >= 11 is 0. The van der Waals surface area contributed by atoms with Gasteiger partial charge < -0.3 is 0 Å². The topological polar surface area (TPSA) is 0 Å². The van der Waals surface area contributed by atoms with Crippen LogP contribution < -0.4 is 0 Å². The molecule has 0 nitrogen and oxygen atoms in total. The zero-order valence-corrected chi connectivity index (χ0v) is 21.4. The van der Waals surface area contributed by atoms with E-state index in [2.05, 4.69) is 6.92 Å². The van der Waals surface area contributed by atoms with Crippen LogP contribution in [0.5, 0.6) is 0 Å². The van der Waals surface area contributed by atoms with Crippen LogP contribution >= 0.6 is 0 Å². The molecule has 1 saturated carbocycles. The maximum Gasteiger partial charge on any atom is -0.0414 e. The van der Waals surface area contributed by atoms with E-state index < -0.39 is 0 Å². The summed E-state index contributed by atoms with van der Waals surface area (Å²) in [6, 6.07) is 0. The largest absolute Gasteiger partial charge is 0.0654 e. The van der Waals surface area contributed by atoms with Crippen molar-refractivity contribution in [2.75, 3.05) is 0 Å². The highest BCUT2D eigenvalue weighted by Gasteiger charge is 2.11. The standard InChI is InChI=1S/C30H60/c1-2-3-4-5-6-7-8-9-10-11-12-13-14-15-16-17-18-19-20-21-24-27-30-28-25-22-23-26-29-30/h30H,2-29H2,1H3. The van der Waals surface area contributed by atoms with Crippen molar-refractivity contribution >= 4 is 0 Å². The van der Waals surface area contributed by atoms with E-state index in [1.807, 2.05) is 0 Å². The fourth-order valence-corrected chi connectivity index (χ4v) is 5.52. The first-order valence-corrected chi connectivity index (χ1v) is 14.9. The third-order valence-electron chi connectivity index (χ3n) is 7.69. The average Bonchev–Trinajstić information content (AvgIpc) is 3.04. The van der Waals surface area contributed by atoms with Crippen LogP contribution in [0.15, 0.2) is 0 Å². The van der Waals surface area contributed by atoms with Crippen molar-refractivity contribution in [1.29, 1.82) is 0 Å². The van der Waals surface area contributed by atoms with E-state index in [0.29, 0.717) is 0 Å². The Morgan fingerprint density at radius 2 is 0.667 bits per heavy atom. The lowest BCUT2D eigenvalue weighted by molar-refractivity contribution is 0.404. The fourth-order valence-electron chi connectivity index (χ4n) is 5.52. The number of unbranched alkanes of at least 4 members (excludes halogenated alkanes) is 20. The molecule has 0 atom stereocenters. The molecule has 0 heteroatoms. The second-order valence-electron chi connectivity index (χ2n) is 10.7. The fraction of sp³-hybridized carbons (Fsp3) is 1.00. The first-order valence-electron chi connectivity index (χ1n) is 14.9. The normalized spacial score (nSPS) is 15.5. The van der Waals surface area contributed by atoms with Crippen LogP contribution in [0.25, 0.3) is 0 Å². The Hall–Kier alpha value is 0. The third kappa shape index (κ3) is 19.9. The SMILES string of the molecule is CCCCCCCCCCCCCCCCCCCCCCCC1CCCCCC1. The summed E-state index contributed by atoms with van der Waals surface area (Å²) in [6.45, 7) is 2.31. The van der Waals surface area contributed by atoms with Gasteiger partial charge >= 0.3 is 0 Å². The van der Waals surface area contributed by atoms with E-state index in [-0.39, 0.29) is 0 Å². The molecule has 0 aromatic rings. The Morgan fingerprint density at radius 1 is 0.367 bits per heavy atom. The maximum absolute atomic E-state index is 2.31. The molecule has 1 rings (SSSR count). The first kappa shape index (κ1) is 28.0. The summed E-state index contributed by atoms with van der Waals surface area (Å²) in [5.74, 6) is 1.09. The minimum atomic E-state index is 1.09. The first-order chi connectivity index (χ1) is 14.9. The van der Waals surface area contributed by atoms with E-state index in [1.165, 1.54) is 161 Å². The lowest BCUT2D eigenvalue weighted by atomic mass is 9.93. The monoisotopic (exact) mass is 420 g/mol. The van der Waals surface area contributed by atoms with Gasteiger partial charge in [0, 0.05) is 0 Å². The van der Waals surface area contributed by atoms with Crippen LogP contribution in [0, 0.1) is 5.92 Å². The summed E-state index contributed by atoms with van der Waals surface area (Å²) in [5.41, 5.74) is 0. The highest BCUT2D eigenvalue weighted by atomic mass is 14.2. The van der Waals surface area contributed by atoms with Crippen molar-refractivity contribution in [2.45, 2.75) is 187 Å². The summed E-state index contributed by atoms with van der Waals surface area (Å²) < 4.78 is 0. The quantitative estimate of drug-likeness (QED) is 0.121. The predicted molar refractivity (Wildman–Crippen MR) is 138 cm³/mol. The molecule has 0 spiro atoms. The van der Waals surface area contributed by atoms with Crippen LogP contribution in [0.1, 0.15) is 187 Å². The van der Waals surface area contributed by atoms with Crippen LogP contribution in [0.2, 0.25) is 0 Å². The Labute approximate surface area is 192 Å². The number of hydrogen-bond acceptors (Lipinski definition) is 0. The second-order valence-corrected chi connectivity index (χ2v) is 10.7. The van der Waals surface area contributed by atoms with Gasteiger partial charge in [0.25, 0.3) is 0 Å². The molecule has 1 aliphatic rings. The minimum Gasteiger partial charge on any atom is -0.0654 e. The minimum absolute atomic E-state index is 1.09. The number of rotatable bonds is 22. The van der Waals surface area contributed by atoms with Crippen LogP contribution in [-0.2, 0) is 0 Å². The van der Waals surface area contributed by atoms with E-state index >= 15 is 0 Å². The van der Waals surface area contributed by atoms with Gasteiger partial charge in [0.2, 0.25) is 0 Å². The van der Waals surface area contributed by atoms with Gasteiger partial charge in [-0.15, -0.1) is 0 Å². The molecule has 180 valence electrons. The zero-order chi connectivity index (χ0) is 21.4. The van der Waals surface area contributed by atoms with Crippen LogP contribution in [0.3, 0.4) is 0 Å². The maximum atomic E-state index is 2.31. The Balaban J connectivity index is 1.65. The molecule has 1 aliphatic carbocycles. The molecule has 0 N–H and O–H groups in total. The molecule has 0 aliphatic heterocycles. The molecule has 0 aromatic carbocycles. The molecule has 1 fully saturated rings.